The largest absolute Gasteiger partial charge is 0.348 e. The minimum atomic E-state index is -0.181. The third-order valence-electron chi connectivity index (χ3n) is 3.08. The minimum Gasteiger partial charge on any atom is -0.348 e. The molecule has 0 aliphatic rings. The standard InChI is InChI=1S/C15H21N5O/c1-9(2)14-16-6-5-13(18-14)15(21)17-10(3)7-12-8-11(4)19-20-12/h5-6,8-10H,7H2,1-4H3,(H,17,21)(H,19,20)/t10-/m1/s1. The summed E-state index contributed by atoms with van der Waals surface area (Å²) < 4.78 is 0. The molecule has 0 unspecified atom stereocenters. The third kappa shape index (κ3) is 4.11. The number of hydrogen-bond donors (Lipinski definition) is 2. The van der Waals surface area contributed by atoms with Crippen molar-refractivity contribution < 1.29 is 4.79 Å². The Hall–Kier alpha value is -2.24. The molecule has 2 heterocycles. The van der Waals surface area contributed by atoms with Crippen LogP contribution in [0.2, 0.25) is 0 Å². The average Bonchev–Trinajstić information content (AvgIpc) is 2.83. The lowest BCUT2D eigenvalue weighted by Crippen LogP contribution is -2.34. The molecule has 0 spiro atoms. The van der Waals surface area contributed by atoms with E-state index in [4.69, 9.17) is 0 Å². The lowest BCUT2D eigenvalue weighted by Gasteiger charge is -2.12. The van der Waals surface area contributed by atoms with Crippen LogP contribution >= 0.6 is 0 Å². The molecule has 1 amide bonds. The molecule has 0 saturated carbocycles. The van der Waals surface area contributed by atoms with Gasteiger partial charge in [-0.1, -0.05) is 13.8 Å². The van der Waals surface area contributed by atoms with E-state index in [0.717, 1.165) is 11.4 Å². The van der Waals surface area contributed by atoms with Gasteiger partial charge in [-0.05, 0) is 26.0 Å². The number of aromatic nitrogens is 4. The van der Waals surface area contributed by atoms with Gasteiger partial charge < -0.3 is 5.32 Å². The predicted octanol–water partition coefficient (Wildman–Crippen LogP) is 1.99. The molecule has 0 saturated heterocycles. The van der Waals surface area contributed by atoms with Crippen molar-refractivity contribution in [2.24, 2.45) is 0 Å². The molecule has 0 radical (unpaired) electrons. The van der Waals surface area contributed by atoms with Gasteiger partial charge in [0.25, 0.3) is 5.91 Å². The van der Waals surface area contributed by atoms with Crippen molar-refractivity contribution in [2.75, 3.05) is 0 Å². The number of aryl methyl sites for hydroxylation is 1. The predicted molar refractivity (Wildman–Crippen MR) is 80.1 cm³/mol. The second kappa shape index (κ2) is 6.47. The highest BCUT2D eigenvalue weighted by atomic mass is 16.1. The van der Waals surface area contributed by atoms with E-state index in [1.165, 1.54) is 0 Å². The van der Waals surface area contributed by atoms with Crippen molar-refractivity contribution in [3.05, 3.63) is 41.2 Å². The van der Waals surface area contributed by atoms with Gasteiger partial charge in [0.05, 0.1) is 5.69 Å². The van der Waals surface area contributed by atoms with Gasteiger partial charge in [0.1, 0.15) is 11.5 Å². The molecule has 2 aromatic rings. The van der Waals surface area contributed by atoms with Crippen LogP contribution < -0.4 is 5.32 Å². The monoisotopic (exact) mass is 287 g/mol. The molecule has 6 heteroatoms. The molecule has 0 bridgehead atoms. The Morgan fingerprint density at radius 3 is 2.76 bits per heavy atom. The summed E-state index contributed by atoms with van der Waals surface area (Å²) in [5, 5.41) is 10.0. The molecule has 0 aliphatic carbocycles. The molecule has 2 rings (SSSR count). The van der Waals surface area contributed by atoms with Crippen molar-refractivity contribution in [1.82, 2.24) is 25.5 Å². The molecule has 0 aromatic carbocycles. The molecule has 1 atom stereocenters. The highest BCUT2D eigenvalue weighted by molar-refractivity contribution is 5.92. The number of aromatic amines is 1. The molecular formula is C15H21N5O. The maximum absolute atomic E-state index is 12.2. The lowest BCUT2D eigenvalue weighted by atomic mass is 10.1. The zero-order chi connectivity index (χ0) is 15.4. The number of H-pyrrole nitrogens is 1. The van der Waals surface area contributed by atoms with Gasteiger partial charge in [0.15, 0.2) is 0 Å². The second-order valence-corrected chi connectivity index (χ2v) is 5.58. The van der Waals surface area contributed by atoms with Crippen LogP contribution in [-0.2, 0) is 6.42 Å². The fraction of sp³-hybridized carbons (Fsp3) is 0.467. The minimum absolute atomic E-state index is 0.0161. The van der Waals surface area contributed by atoms with Crippen LogP contribution in [0.3, 0.4) is 0 Å². The van der Waals surface area contributed by atoms with Gasteiger partial charge >= 0.3 is 0 Å². The van der Waals surface area contributed by atoms with Gasteiger partial charge in [0, 0.05) is 30.3 Å². The fourth-order valence-electron chi connectivity index (χ4n) is 2.02. The maximum atomic E-state index is 12.2. The Bertz CT molecular complexity index is 620. The van der Waals surface area contributed by atoms with Crippen molar-refractivity contribution in [3.8, 4) is 0 Å². The van der Waals surface area contributed by atoms with Gasteiger partial charge in [-0.2, -0.15) is 5.10 Å². The molecule has 21 heavy (non-hydrogen) atoms. The zero-order valence-electron chi connectivity index (χ0n) is 12.8. The van der Waals surface area contributed by atoms with E-state index in [1.54, 1.807) is 12.3 Å². The Kier molecular flexibility index (Phi) is 4.67. The smallest absolute Gasteiger partial charge is 0.270 e. The first-order valence-corrected chi connectivity index (χ1v) is 7.10. The van der Waals surface area contributed by atoms with E-state index in [-0.39, 0.29) is 17.9 Å². The van der Waals surface area contributed by atoms with Gasteiger partial charge in [-0.25, -0.2) is 9.97 Å². The maximum Gasteiger partial charge on any atom is 0.270 e. The summed E-state index contributed by atoms with van der Waals surface area (Å²) in [6, 6.07) is 3.59. The van der Waals surface area contributed by atoms with Crippen LogP contribution in [0.5, 0.6) is 0 Å². The second-order valence-electron chi connectivity index (χ2n) is 5.58. The molecule has 112 valence electrons. The Labute approximate surface area is 124 Å². The Balaban J connectivity index is 1.98. The number of hydrogen-bond acceptors (Lipinski definition) is 4. The van der Waals surface area contributed by atoms with E-state index in [2.05, 4.69) is 25.5 Å². The van der Waals surface area contributed by atoms with Gasteiger partial charge in [-0.15, -0.1) is 0 Å². The first-order chi connectivity index (χ1) is 9.95. The number of nitrogens with one attached hydrogen (secondary N) is 2. The molecule has 2 aromatic heterocycles. The van der Waals surface area contributed by atoms with E-state index in [9.17, 15) is 4.79 Å². The van der Waals surface area contributed by atoms with Crippen LogP contribution in [0.25, 0.3) is 0 Å². The first kappa shape index (κ1) is 15.2. The molecular weight excluding hydrogens is 266 g/mol. The van der Waals surface area contributed by atoms with Gasteiger partial charge in [0.2, 0.25) is 0 Å². The van der Waals surface area contributed by atoms with E-state index >= 15 is 0 Å². The van der Waals surface area contributed by atoms with Gasteiger partial charge in [-0.3, -0.25) is 9.89 Å². The number of nitrogens with zero attached hydrogens (tertiary/aromatic N) is 3. The summed E-state index contributed by atoms with van der Waals surface area (Å²) >= 11 is 0. The zero-order valence-corrected chi connectivity index (χ0v) is 12.8. The van der Waals surface area contributed by atoms with Crippen molar-refractivity contribution >= 4 is 5.91 Å². The summed E-state index contributed by atoms with van der Waals surface area (Å²) in [5.41, 5.74) is 2.35. The SMILES string of the molecule is Cc1cc(C[C@@H](C)NC(=O)c2ccnc(C(C)C)n2)n[nH]1. The van der Waals surface area contributed by atoms with E-state index < -0.39 is 0 Å². The van der Waals surface area contributed by atoms with Crippen LogP contribution in [0.15, 0.2) is 18.3 Å². The van der Waals surface area contributed by atoms with E-state index in [1.807, 2.05) is 33.8 Å². The number of rotatable bonds is 5. The molecule has 0 fully saturated rings. The first-order valence-electron chi connectivity index (χ1n) is 7.10. The van der Waals surface area contributed by atoms with Crippen LogP contribution in [0.1, 0.15) is 54.4 Å². The highest BCUT2D eigenvalue weighted by Crippen LogP contribution is 2.08. The van der Waals surface area contributed by atoms with Crippen LogP contribution in [0, 0.1) is 6.92 Å². The Morgan fingerprint density at radius 1 is 1.38 bits per heavy atom. The molecule has 0 aliphatic heterocycles. The summed E-state index contributed by atoms with van der Waals surface area (Å²) in [7, 11) is 0. The van der Waals surface area contributed by atoms with Crippen LogP contribution in [0.4, 0.5) is 0 Å². The van der Waals surface area contributed by atoms with Crippen LogP contribution in [-0.4, -0.2) is 32.1 Å². The van der Waals surface area contributed by atoms with Crippen molar-refractivity contribution in [2.45, 2.75) is 46.1 Å². The number of amides is 1. The lowest BCUT2D eigenvalue weighted by molar-refractivity contribution is 0.0934. The summed E-state index contributed by atoms with van der Waals surface area (Å²) in [4.78, 5) is 20.7. The topological polar surface area (TPSA) is 83.6 Å². The van der Waals surface area contributed by atoms with E-state index in [0.29, 0.717) is 17.9 Å². The summed E-state index contributed by atoms with van der Waals surface area (Å²) in [6.45, 7) is 7.90. The summed E-state index contributed by atoms with van der Waals surface area (Å²) in [6.07, 6.45) is 2.30. The number of carbonyl (C=O) groups excluding carboxylic acids is 1. The number of carbonyl (C=O) groups is 1. The average molecular weight is 287 g/mol. The summed E-state index contributed by atoms with van der Waals surface area (Å²) in [5.74, 6) is 0.694. The third-order valence-corrected chi connectivity index (χ3v) is 3.08. The van der Waals surface area contributed by atoms with Crippen molar-refractivity contribution in [1.29, 1.82) is 0 Å². The van der Waals surface area contributed by atoms with Crippen molar-refractivity contribution in [3.63, 3.8) is 0 Å². The quantitative estimate of drug-likeness (QED) is 0.881. The molecule has 6 nitrogen and oxygen atoms in total. The Morgan fingerprint density at radius 2 is 2.14 bits per heavy atom. The highest BCUT2D eigenvalue weighted by Gasteiger charge is 2.14. The normalized spacial score (nSPS) is 12.4. The molecule has 2 N–H and O–H groups in total. The fourth-order valence-corrected chi connectivity index (χ4v) is 2.02.